The van der Waals surface area contributed by atoms with E-state index in [4.69, 9.17) is 23.2 Å². The third-order valence-electron chi connectivity index (χ3n) is 4.22. The SMILES string of the molecule is O=C1NC(=O)[C@]2(CCCN(CCc3cc(Cl)cc(Cl)c3)C2)N1. The molecule has 5 nitrogen and oxygen atoms in total. The summed E-state index contributed by atoms with van der Waals surface area (Å²) in [6, 6.07) is 5.11. The summed E-state index contributed by atoms with van der Waals surface area (Å²) in [7, 11) is 0. The Morgan fingerprint density at radius 1 is 1.18 bits per heavy atom. The molecule has 2 saturated heterocycles. The van der Waals surface area contributed by atoms with E-state index in [-0.39, 0.29) is 5.91 Å². The lowest BCUT2D eigenvalue weighted by Crippen LogP contribution is -2.58. The lowest BCUT2D eigenvalue weighted by atomic mass is 9.89. The van der Waals surface area contributed by atoms with Crippen LogP contribution in [0, 0.1) is 0 Å². The number of benzene rings is 1. The highest BCUT2D eigenvalue weighted by Gasteiger charge is 2.48. The van der Waals surface area contributed by atoms with Crippen LogP contribution in [0.25, 0.3) is 0 Å². The molecule has 0 aliphatic carbocycles. The first-order chi connectivity index (χ1) is 10.5. The lowest BCUT2D eigenvalue weighted by molar-refractivity contribution is -0.125. The largest absolute Gasteiger partial charge is 0.322 e. The second-order valence-corrected chi connectivity index (χ2v) is 6.77. The van der Waals surface area contributed by atoms with E-state index in [0.29, 0.717) is 23.0 Å². The minimum absolute atomic E-state index is 0.215. The Bertz CT molecular complexity index is 603. The zero-order valence-electron chi connectivity index (χ0n) is 12.0. The van der Waals surface area contributed by atoms with Gasteiger partial charge in [0, 0.05) is 23.1 Å². The number of amides is 3. The van der Waals surface area contributed by atoms with Gasteiger partial charge in [0.1, 0.15) is 5.54 Å². The molecule has 1 aromatic rings. The van der Waals surface area contributed by atoms with E-state index in [9.17, 15) is 9.59 Å². The van der Waals surface area contributed by atoms with Crippen molar-refractivity contribution in [3.05, 3.63) is 33.8 Å². The molecule has 3 rings (SSSR count). The first-order valence-corrected chi connectivity index (χ1v) is 8.03. The van der Waals surface area contributed by atoms with Gasteiger partial charge in [0.05, 0.1) is 0 Å². The average molecular weight is 342 g/mol. The normalized spacial score (nSPS) is 25.4. The van der Waals surface area contributed by atoms with Crippen LogP contribution in [0.3, 0.4) is 0 Å². The summed E-state index contributed by atoms with van der Waals surface area (Å²) in [5, 5.41) is 6.37. The summed E-state index contributed by atoms with van der Waals surface area (Å²) in [6.07, 6.45) is 2.36. The molecule has 0 unspecified atom stereocenters. The van der Waals surface area contributed by atoms with Crippen molar-refractivity contribution < 1.29 is 9.59 Å². The number of nitrogens with zero attached hydrogens (tertiary/aromatic N) is 1. The summed E-state index contributed by atoms with van der Waals surface area (Å²) in [6.45, 7) is 2.25. The van der Waals surface area contributed by atoms with Crippen molar-refractivity contribution in [1.82, 2.24) is 15.5 Å². The zero-order chi connectivity index (χ0) is 15.7. The van der Waals surface area contributed by atoms with Crippen molar-refractivity contribution in [2.24, 2.45) is 0 Å². The Hall–Kier alpha value is -1.30. The molecule has 2 aliphatic rings. The summed E-state index contributed by atoms with van der Waals surface area (Å²) < 4.78 is 0. The number of likely N-dealkylation sites (tertiary alicyclic amines) is 1. The first-order valence-electron chi connectivity index (χ1n) is 7.28. The van der Waals surface area contributed by atoms with Gasteiger partial charge in [0.15, 0.2) is 0 Å². The fourth-order valence-corrected chi connectivity index (χ4v) is 3.76. The molecule has 118 valence electrons. The Balaban J connectivity index is 1.63. The predicted molar refractivity (Wildman–Crippen MR) is 85.2 cm³/mol. The van der Waals surface area contributed by atoms with Gasteiger partial charge >= 0.3 is 6.03 Å². The molecule has 7 heteroatoms. The van der Waals surface area contributed by atoms with Crippen molar-refractivity contribution in [3.8, 4) is 0 Å². The van der Waals surface area contributed by atoms with Crippen LogP contribution in [-0.2, 0) is 11.2 Å². The van der Waals surface area contributed by atoms with Crippen LogP contribution in [0.2, 0.25) is 10.0 Å². The van der Waals surface area contributed by atoms with Crippen molar-refractivity contribution in [1.29, 1.82) is 0 Å². The maximum Gasteiger partial charge on any atom is 0.322 e. The Labute approximate surface area is 138 Å². The monoisotopic (exact) mass is 341 g/mol. The molecule has 3 amide bonds. The third-order valence-corrected chi connectivity index (χ3v) is 4.66. The van der Waals surface area contributed by atoms with Crippen molar-refractivity contribution in [2.75, 3.05) is 19.6 Å². The zero-order valence-corrected chi connectivity index (χ0v) is 13.5. The van der Waals surface area contributed by atoms with Gasteiger partial charge in [-0.3, -0.25) is 10.1 Å². The smallest absolute Gasteiger partial charge is 0.322 e. The number of imide groups is 1. The Kier molecular flexibility index (Phi) is 4.30. The number of hydrogen-bond donors (Lipinski definition) is 2. The molecule has 1 aromatic carbocycles. The van der Waals surface area contributed by atoms with E-state index in [1.54, 1.807) is 6.07 Å². The number of rotatable bonds is 3. The van der Waals surface area contributed by atoms with E-state index in [1.165, 1.54) is 0 Å². The maximum absolute atomic E-state index is 12.0. The maximum atomic E-state index is 12.0. The summed E-state index contributed by atoms with van der Waals surface area (Å²) >= 11 is 12.0. The van der Waals surface area contributed by atoms with Crippen LogP contribution in [-0.4, -0.2) is 42.0 Å². The van der Waals surface area contributed by atoms with Gasteiger partial charge in [0.2, 0.25) is 0 Å². The van der Waals surface area contributed by atoms with Crippen molar-refractivity contribution in [2.45, 2.75) is 24.8 Å². The topological polar surface area (TPSA) is 61.4 Å². The number of nitrogens with one attached hydrogen (secondary N) is 2. The molecule has 2 N–H and O–H groups in total. The van der Waals surface area contributed by atoms with Crippen LogP contribution >= 0.6 is 23.2 Å². The number of halogens is 2. The highest BCUT2D eigenvalue weighted by atomic mass is 35.5. The summed E-state index contributed by atoms with van der Waals surface area (Å²) in [5.74, 6) is -0.215. The molecule has 0 radical (unpaired) electrons. The van der Waals surface area contributed by atoms with Crippen LogP contribution in [0.5, 0.6) is 0 Å². The molecule has 2 aliphatic heterocycles. The van der Waals surface area contributed by atoms with Gasteiger partial charge in [-0.05, 0) is 49.6 Å². The highest BCUT2D eigenvalue weighted by molar-refractivity contribution is 6.34. The van der Waals surface area contributed by atoms with Gasteiger partial charge in [-0.2, -0.15) is 0 Å². The molecule has 1 atom stereocenters. The number of urea groups is 1. The van der Waals surface area contributed by atoms with E-state index in [0.717, 1.165) is 31.5 Å². The molecular formula is C15H17Cl2N3O2. The van der Waals surface area contributed by atoms with Crippen molar-refractivity contribution >= 4 is 35.1 Å². The van der Waals surface area contributed by atoms with E-state index < -0.39 is 11.6 Å². The van der Waals surface area contributed by atoms with E-state index in [2.05, 4.69) is 15.5 Å². The summed E-state index contributed by atoms with van der Waals surface area (Å²) in [4.78, 5) is 25.6. The van der Waals surface area contributed by atoms with Gasteiger partial charge in [-0.15, -0.1) is 0 Å². The Morgan fingerprint density at radius 2 is 1.91 bits per heavy atom. The fourth-order valence-electron chi connectivity index (χ4n) is 3.19. The Morgan fingerprint density at radius 3 is 2.55 bits per heavy atom. The van der Waals surface area contributed by atoms with Crippen molar-refractivity contribution in [3.63, 3.8) is 0 Å². The minimum atomic E-state index is -0.763. The molecule has 0 aromatic heterocycles. The van der Waals surface area contributed by atoms with Gasteiger partial charge < -0.3 is 10.2 Å². The molecule has 1 spiro atoms. The molecule has 2 fully saturated rings. The predicted octanol–water partition coefficient (Wildman–Crippen LogP) is 2.21. The fraction of sp³-hybridized carbons (Fsp3) is 0.467. The lowest BCUT2D eigenvalue weighted by Gasteiger charge is -2.38. The molecule has 0 saturated carbocycles. The number of hydrogen-bond acceptors (Lipinski definition) is 3. The van der Waals surface area contributed by atoms with Gasteiger partial charge in [-0.25, -0.2) is 4.79 Å². The molecular weight excluding hydrogens is 325 g/mol. The van der Waals surface area contributed by atoms with Gasteiger partial charge in [-0.1, -0.05) is 23.2 Å². The van der Waals surface area contributed by atoms with Crippen LogP contribution in [0.1, 0.15) is 18.4 Å². The first kappa shape index (κ1) is 15.6. The second-order valence-electron chi connectivity index (χ2n) is 5.90. The van der Waals surface area contributed by atoms with Gasteiger partial charge in [0.25, 0.3) is 5.91 Å². The third kappa shape index (κ3) is 3.21. The van der Waals surface area contributed by atoms with Crippen LogP contribution in [0.4, 0.5) is 4.79 Å². The summed E-state index contributed by atoms with van der Waals surface area (Å²) in [5.41, 5.74) is 0.304. The van der Waals surface area contributed by atoms with E-state index >= 15 is 0 Å². The number of carbonyl (C=O) groups is 2. The number of piperidine rings is 1. The minimum Gasteiger partial charge on any atom is -0.322 e. The molecule has 0 bridgehead atoms. The average Bonchev–Trinajstić information content (AvgIpc) is 2.69. The number of carbonyl (C=O) groups excluding carboxylic acids is 2. The highest BCUT2D eigenvalue weighted by Crippen LogP contribution is 2.25. The quantitative estimate of drug-likeness (QED) is 0.828. The molecule has 22 heavy (non-hydrogen) atoms. The second kappa shape index (κ2) is 6.07. The van der Waals surface area contributed by atoms with E-state index in [1.807, 2.05) is 12.1 Å². The van der Waals surface area contributed by atoms with Crippen LogP contribution < -0.4 is 10.6 Å². The van der Waals surface area contributed by atoms with Crippen LogP contribution in [0.15, 0.2) is 18.2 Å². The molecule has 2 heterocycles. The standard InChI is InChI=1S/C15H17Cl2N3O2/c16-11-6-10(7-12(17)8-11)2-5-20-4-1-3-15(9-20)13(21)18-14(22)19-15/h6-8H,1-5,9H2,(H2,18,19,21,22)/t15-/m1/s1.